The number of amides is 12. The molecule has 34 heteroatoms. The molecular formula is C51H82N16O17S. The van der Waals surface area contributed by atoms with Gasteiger partial charge in [-0.05, 0) is 95.4 Å². The number of nitrogens with two attached hydrogens (primary N) is 3. The third-order valence-electron chi connectivity index (χ3n) is 12.1. The van der Waals surface area contributed by atoms with Crippen molar-refractivity contribution < 1.29 is 82.4 Å². The van der Waals surface area contributed by atoms with Gasteiger partial charge in [-0.2, -0.15) is 11.8 Å². The minimum Gasteiger partial charge on any atom is -0.508 e. The first-order valence-corrected chi connectivity index (χ1v) is 28.2. The predicted octanol–water partition coefficient (Wildman–Crippen LogP) is -6.18. The van der Waals surface area contributed by atoms with Crippen LogP contribution in [0.4, 0.5) is 0 Å². The van der Waals surface area contributed by atoms with E-state index in [9.17, 15) is 82.4 Å². The van der Waals surface area contributed by atoms with E-state index in [1.165, 1.54) is 63.7 Å². The lowest BCUT2D eigenvalue weighted by Gasteiger charge is -2.26. The van der Waals surface area contributed by atoms with E-state index in [0.717, 1.165) is 0 Å². The van der Waals surface area contributed by atoms with E-state index in [2.05, 4.69) is 63.8 Å². The number of carboxylic acid groups (broad SMARTS) is 2. The maximum absolute atomic E-state index is 13.8. The van der Waals surface area contributed by atoms with Gasteiger partial charge in [-0.25, -0.2) is 4.79 Å². The average molecular weight is 1220 g/mol. The van der Waals surface area contributed by atoms with Gasteiger partial charge in [0, 0.05) is 19.4 Å². The van der Waals surface area contributed by atoms with Crippen LogP contribution in [0.25, 0.3) is 0 Å². The second-order valence-corrected chi connectivity index (χ2v) is 21.1. The van der Waals surface area contributed by atoms with Crippen LogP contribution in [0.15, 0.2) is 24.3 Å². The fourth-order valence-corrected chi connectivity index (χ4v) is 7.85. The summed E-state index contributed by atoms with van der Waals surface area (Å²) in [6, 6.07) is -8.09. The van der Waals surface area contributed by atoms with Crippen molar-refractivity contribution in [1.29, 1.82) is 5.41 Å². The van der Waals surface area contributed by atoms with Crippen molar-refractivity contribution in [1.82, 2.24) is 63.8 Å². The third kappa shape index (κ3) is 30.3. The van der Waals surface area contributed by atoms with Crippen LogP contribution in [0.5, 0.6) is 5.75 Å². The molecule has 0 fully saturated rings. The monoisotopic (exact) mass is 1220 g/mol. The Labute approximate surface area is 494 Å². The molecule has 0 saturated carbocycles. The summed E-state index contributed by atoms with van der Waals surface area (Å²) in [5, 5.41) is 64.5. The van der Waals surface area contributed by atoms with Gasteiger partial charge in [0.05, 0.1) is 25.6 Å². The number of phenols is 1. The van der Waals surface area contributed by atoms with E-state index < -0.39 is 163 Å². The first-order valence-electron chi connectivity index (χ1n) is 26.8. The van der Waals surface area contributed by atoms with Gasteiger partial charge in [-0.1, -0.05) is 26.0 Å². The summed E-state index contributed by atoms with van der Waals surface area (Å²) in [5.74, 6) is -13.7. The lowest BCUT2D eigenvalue weighted by atomic mass is 10.0. The van der Waals surface area contributed by atoms with E-state index in [-0.39, 0.29) is 69.1 Å². The van der Waals surface area contributed by atoms with Crippen LogP contribution in [0.2, 0.25) is 0 Å². The highest BCUT2D eigenvalue weighted by Crippen LogP contribution is 2.13. The van der Waals surface area contributed by atoms with Gasteiger partial charge in [0.15, 0.2) is 5.96 Å². The van der Waals surface area contributed by atoms with Crippen LogP contribution in [-0.4, -0.2) is 196 Å². The van der Waals surface area contributed by atoms with Gasteiger partial charge in [-0.15, -0.1) is 0 Å². The minimum absolute atomic E-state index is 0.0170. The van der Waals surface area contributed by atoms with Gasteiger partial charge in [-0.3, -0.25) is 67.7 Å². The number of benzene rings is 1. The van der Waals surface area contributed by atoms with Gasteiger partial charge < -0.3 is 96.3 Å². The Morgan fingerprint density at radius 1 is 0.529 bits per heavy atom. The van der Waals surface area contributed by atoms with Crippen LogP contribution < -0.4 is 81.0 Å². The number of guanidine groups is 1. The summed E-state index contributed by atoms with van der Waals surface area (Å²) in [6.45, 7) is 7.17. The first-order chi connectivity index (χ1) is 39.7. The summed E-state index contributed by atoms with van der Waals surface area (Å²) in [4.78, 5) is 179. The van der Waals surface area contributed by atoms with Crippen molar-refractivity contribution in [3.63, 3.8) is 0 Å². The number of hydrogen-bond acceptors (Lipinski definition) is 18. The van der Waals surface area contributed by atoms with E-state index in [1.807, 2.05) is 0 Å². The molecule has 0 aromatic heterocycles. The molecule has 33 nitrogen and oxygen atoms in total. The molecule has 0 aliphatic rings. The Bertz CT molecular complexity index is 2540. The van der Waals surface area contributed by atoms with E-state index in [1.54, 1.807) is 20.1 Å². The van der Waals surface area contributed by atoms with Crippen molar-refractivity contribution in [2.75, 3.05) is 31.6 Å². The molecule has 1 aromatic carbocycles. The standard InChI is InChI=1S/C51H82N16O17S/c1-24(2)19-34(48(81)65-33(50(83)84)9-8-17-56-51(54)55)63-39(71)23-57-38(70)22-58-41(74)25(3)59-42(75)27(5)62-47(80)36(21-40(72)73)66-44(77)28(6)60-43(76)26(4)61-46(79)32(16-18-85-7)64-49(82)35(20-29-10-12-30(68)13-11-29)67-45(78)31(52)14-15-37(53)69/h10-13,24-28,31-36,68H,8-9,14-23,52H2,1-7H3,(H2,53,69)(H,57,70)(H,58,74)(H,59,75)(H,60,76)(H,61,79)(H,62,80)(H,63,71)(H,64,82)(H,65,81)(H,66,77)(H,67,78)(H,72,73)(H,83,84)(H4,54,55,56)/t25-,26-,27-,28-,31-,32-,33-,34-,35-,36-/m0/s1. The molecule has 474 valence electrons. The van der Waals surface area contributed by atoms with E-state index >= 15 is 0 Å². The number of nitrogens with one attached hydrogen (secondary N) is 13. The number of hydrogen-bond donors (Lipinski definition) is 19. The SMILES string of the molecule is CSCC[C@H](NC(=O)[C@H](Cc1ccc(O)cc1)NC(=O)[C@@H](N)CCC(N)=O)C(=O)N[C@@H](C)C(=O)N[C@@H](C)C(=O)N[C@@H](CC(=O)O)C(=O)N[C@@H](C)C(=O)N[C@@H](C)C(=O)NCC(=O)NCC(=O)N[C@@H](CC(C)C)C(=O)N[C@@H](CCCNC(=N)N)C(=O)O. The maximum atomic E-state index is 13.8. The highest BCUT2D eigenvalue weighted by Gasteiger charge is 2.33. The number of carbonyl (C=O) groups excluding carboxylic acids is 12. The normalized spacial score (nSPS) is 14.4. The minimum atomic E-state index is -1.83. The maximum Gasteiger partial charge on any atom is 0.326 e. The molecule has 1 aromatic rings. The number of phenolic OH excluding ortho intramolecular Hbond substituents is 1. The molecule has 0 spiro atoms. The Hall–Kier alpha value is -8.82. The second-order valence-electron chi connectivity index (χ2n) is 20.1. The van der Waals surface area contributed by atoms with Crippen molar-refractivity contribution in [3.05, 3.63) is 29.8 Å². The smallest absolute Gasteiger partial charge is 0.326 e. The van der Waals surface area contributed by atoms with Crippen LogP contribution in [-0.2, 0) is 73.5 Å². The zero-order valence-corrected chi connectivity index (χ0v) is 49.2. The average Bonchev–Trinajstić information content (AvgIpc) is 3.54. The Morgan fingerprint density at radius 2 is 1.00 bits per heavy atom. The van der Waals surface area contributed by atoms with Crippen molar-refractivity contribution in [2.45, 2.75) is 153 Å². The molecule has 10 atom stereocenters. The summed E-state index contributed by atoms with van der Waals surface area (Å²) >= 11 is 1.33. The Balaban J connectivity index is 2.87. The number of aliphatic carboxylic acids is 2. The van der Waals surface area contributed by atoms with Crippen LogP contribution >= 0.6 is 11.8 Å². The Morgan fingerprint density at radius 3 is 1.52 bits per heavy atom. The number of primary amides is 1. The highest BCUT2D eigenvalue weighted by molar-refractivity contribution is 7.98. The summed E-state index contributed by atoms with van der Waals surface area (Å²) in [5.41, 5.74) is 16.8. The lowest BCUT2D eigenvalue weighted by molar-refractivity contribution is -0.142. The fraction of sp³-hybridized carbons (Fsp3) is 0.588. The molecule has 12 amide bonds. The molecule has 0 heterocycles. The molecule has 22 N–H and O–H groups in total. The highest BCUT2D eigenvalue weighted by atomic mass is 32.2. The number of carbonyl (C=O) groups is 14. The van der Waals surface area contributed by atoms with Crippen molar-refractivity contribution in [2.24, 2.45) is 23.1 Å². The molecule has 85 heavy (non-hydrogen) atoms. The van der Waals surface area contributed by atoms with E-state index in [0.29, 0.717) is 11.3 Å². The largest absolute Gasteiger partial charge is 0.508 e. The molecule has 0 saturated heterocycles. The zero-order chi connectivity index (χ0) is 64.7. The summed E-state index contributed by atoms with van der Waals surface area (Å²) < 4.78 is 0. The molecule has 0 aliphatic heterocycles. The van der Waals surface area contributed by atoms with Gasteiger partial charge >= 0.3 is 11.9 Å². The third-order valence-corrected chi connectivity index (χ3v) is 12.8. The van der Waals surface area contributed by atoms with E-state index in [4.69, 9.17) is 22.6 Å². The number of thioether (sulfide) groups is 1. The van der Waals surface area contributed by atoms with Crippen LogP contribution in [0, 0.1) is 11.3 Å². The fourth-order valence-electron chi connectivity index (χ4n) is 7.38. The molecule has 0 unspecified atom stereocenters. The lowest BCUT2D eigenvalue weighted by Crippen LogP contribution is -2.59. The van der Waals surface area contributed by atoms with Crippen LogP contribution in [0.1, 0.15) is 92.1 Å². The molecule has 0 aliphatic carbocycles. The number of aromatic hydroxyl groups is 1. The Kier molecular flexibility index (Phi) is 33.3. The summed E-state index contributed by atoms with van der Waals surface area (Å²) in [7, 11) is 0. The predicted molar refractivity (Wildman–Crippen MR) is 306 cm³/mol. The molecular weight excluding hydrogens is 1140 g/mol. The molecule has 1 rings (SSSR count). The summed E-state index contributed by atoms with van der Waals surface area (Å²) in [6.07, 6.45) is 0.640. The van der Waals surface area contributed by atoms with Gasteiger partial charge in [0.1, 0.15) is 60.1 Å². The molecule has 0 radical (unpaired) electrons. The number of rotatable bonds is 39. The van der Waals surface area contributed by atoms with Crippen molar-refractivity contribution in [3.8, 4) is 5.75 Å². The van der Waals surface area contributed by atoms with Crippen LogP contribution in [0.3, 0.4) is 0 Å². The topological polar surface area (TPSA) is 546 Å². The van der Waals surface area contributed by atoms with Gasteiger partial charge in [0.2, 0.25) is 70.9 Å². The quantitative estimate of drug-likeness (QED) is 0.0166. The molecule has 0 bridgehead atoms. The number of carboxylic acids is 2. The van der Waals surface area contributed by atoms with Gasteiger partial charge in [0.25, 0.3) is 0 Å². The van der Waals surface area contributed by atoms with Crippen molar-refractivity contribution >= 4 is 101 Å². The first kappa shape index (κ1) is 74.2. The zero-order valence-electron chi connectivity index (χ0n) is 48.3. The second kappa shape index (κ2) is 38.1.